The van der Waals surface area contributed by atoms with Gasteiger partial charge in [-0.05, 0) is 75.4 Å². The molecule has 1 amide bonds. The summed E-state index contributed by atoms with van der Waals surface area (Å²) in [6, 6.07) is 17.2. The lowest BCUT2D eigenvalue weighted by atomic mass is 9.83. The van der Waals surface area contributed by atoms with Gasteiger partial charge in [-0.25, -0.2) is 0 Å². The van der Waals surface area contributed by atoms with E-state index < -0.39 is 0 Å². The Morgan fingerprint density at radius 3 is 2.90 bits per heavy atom. The fraction of sp³-hybridized carbons (Fsp3) is 0.462. The Morgan fingerprint density at radius 2 is 2.00 bits per heavy atom. The fourth-order valence-corrected chi connectivity index (χ4v) is 5.38. The Hall–Kier alpha value is -2.66. The minimum absolute atomic E-state index is 0.0795. The SMILES string of the molecule is O=C(CCCc1ccccc1)Nc1ccc2[nH]nc(C3CCN4CCCCC4C3)c2c1. The van der Waals surface area contributed by atoms with E-state index >= 15 is 0 Å². The molecule has 2 N–H and O–H groups in total. The maximum Gasteiger partial charge on any atom is 0.224 e. The lowest BCUT2D eigenvalue weighted by Crippen LogP contribution is -2.44. The highest BCUT2D eigenvalue weighted by Crippen LogP contribution is 2.37. The fourth-order valence-electron chi connectivity index (χ4n) is 5.38. The van der Waals surface area contributed by atoms with E-state index in [0.717, 1.165) is 29.4 Å². The molecule has 0 aliphatic carbocycles. The topological polar surface area (TPSA) is 61.0 Å². The highest BCUT2D eigenvalue weighted by Gasteiger charge is 2.32. The van der Waals surface area contributed by atoms with Crippen LogP contribution in [0.4, 0.5) is 5.69 Å². The molecule has 3 aromatic rings. The van der Waals surface area contributed by atoms with Crippen LogP contribution in [0.1, 0.15) is 62.1 Å². The minimum Gasteiger partial charge on any atom is -0.326 e. The number of aromatic amines is 1. The van der Waals surface area contributed by atoms with Gasteiger partial charge < -0.3 is 10.2 Å². The van der Waals surface area contributed by atoms with E-state index in [2.05, 4.69) is 33.5 Å². The number of nitrogens with one attached hydrogen (secondary N) is 2. The Bertz CT molecular complexity index is 1030. The van der Waals surface area contributed by atoms with Crippen molar-refractivity contribution >= 4 is 22.5 Å². The molecular formula is C26H32N4O. The number of H-pyrrole nitrogens is 1. The summed E-state index contributed by atoms with van der Waals surface area (Å²) in [5, 5.41) is 12.2. The molecule has 2 atom stereocenters. The first-order chi connectivity index (χ1) is 15.3. The van der Waals surface area contributed by atoms with Gasteiger partial charge in [-0.2, -0.15) is 5.10 Å². The number of carbonyl (C=O) groups is 1. The average Bonchev–Trinajstić information content (AvgIpc) is 3.23. The number of aromatic nitrogens is 2. The molecule has 2 unspecified atom stereocenters. The summed E-state index contributed by atoms with van der Waals surface area (Å²) in [4.78, 5) is 15.2. The van der Waals surface area contributed by atoms with E-state index in [0.29, 0.717) is 18.4 Å². The van der Waals surface area contributed by atoms with E-state index in [1.807, 2.05) is 30.3 Å². The predicted molar refractivity (Wildman–Crippen MR) is 125 cm³/mol. The normalized spacial score (nSPS) is 21.7. The van der Waals surface area contributed by atoms with Crippen molar-refractivity contribution < 1.29 is 4.79 Å². The van der Waals surface area contributed by atoms with Gasteiger partial charge in [0, 0.05) is 29.5 Å². The molecular weight excluding hydrogens is 384 g/mol. The van der Waals surface area contributed by atoms with Crippen molar-refractivity contribution in [1.82, 2.24) is 15.1 Å². The molecule has 5 heteroatoms. The van der Waals surface area contributed by atoms with Crippen molar-refractivity contribution in [2.45, 2.75) is 63.3 Å². The van der Waals surface area contributed by atoms with Gasteiger partial charge in [-0.1, -0.05) is 36.8 Å². The zero-order valence-corrected chi connectivity index (χ0v) is 18.1. The second-order valence-electron chi connectivity index (χ2n) is 9.16. The van der Waals surface area contributed by atoms with Crippen LogP contribution >= 0.6 is 0 Å². The number of amides is 1. The van der Waals surface area contributed by atoms with Gasteiger partial charge in [0.2, 0.25) is 5.91 Å². The number of rotatable bonds is 6. The van der Waals surface area contributed by atoms with Crippen LogP contribution in [0, 0.1) is 0 Å². The Labute approximate surface area is 184 Å². The molecule has 2 fully saturated rings. The number of anilines is 1. The van der Waals surface area contributed by atoms with Gasteiger partial charge >= 0.3 is 0 Å². The van der Waals surface area contributed by atoms with Gasteiger partial charge in [0.05, 0.1) is 11.2 Å². The molecule has 0 radical (unpaired) electrons. The highest BCUT2D eigenvalue weighted by molar-refractivity contribution is 5.94. The largest absolute Gasteiger partial charge is 0.326 e. The van der Waals surface area contributed by atoms with Crippen LogP contribution in [0.5, 0.6) is 0 Å². The summed E-state index contributed by atoms with van der Waals surface area (Å²) in [6.07, 6.45) is 8.72. The van der Waals surface area contributed by atoms with E-state index in [-0.39, 0.29) is 5.91 Å². The molecule has 0 bridgehead atoms. The summed E-state index contributed by atoms with van der Waals surface area (Å²) in [5.41, 5.74) is 4.39. The number of aryl methyl sites for hydroxylation is 1. The van der Waals surface area contributed by atoms with Gasteiger partial charge in [0.15, 0.2) is 0 Å². The third kappa shape index (κ3) is 4.67. The van der Waals surface area contributed by atoms with E-state index in [9.17, 15) is 4.79 Å². The van der Waals surface area contributed by atoms with Crippen LogP contribution in [0.3, 0.4) is 0 Å². The molecule has 1 aromatic heterocycles. The number of carbonyl (C=O) groups excluding carboxylic acids is 1. The Kier molecular flexibility index (Phi) is 6.03. The first kappa shape index (κ1) is 20.3. The van der Waals surface area contributed by atoms with Crippen LogP contribution in [0.2, 0.25) is 0 Å². The number of hydrogen-bond donors (Lipinski definition) is 2. The molecule has 5 nitrogen and oxygen atoms in total. The minimum atomic E-state index is 0.0795. The highest BCUT2D eigenvalue weighted by atomic mass is 16.1. The number of hydrogen-bond acceptors (Lipinski definition) is 3. The van der Waals surface area contributed by atoms with Gasteiger partial charge in [-0.3, -0.25) is 9.89 Å². The Morgan fingerprint density at radius 1 is 1.10 bits per heavy atom. The van der Waals surface area contributed by atoms with Crippen LogP contribution in [0.15, 0.2) is 48.5 Å². The monoisotopic (exact) mass is 416 g/mol. The Balaban J connectivity index is 1.23. The predicted octanol–water partition coefficient (Wildman–Crippen LogP) is 5.26. The summed E-state index contributed by atoms with van der Waals surface area (Å²) in [6.45, 7) is 2.45. The second kappa shape index (κ2) is 9.23. The van der Waals surface area contributed by atoms with Crippen LogP contribution in [-0.2, 0) is 11.2 Å². The summed E-state index contributed by atoms with van der Waals surface area (Å²) < 4.78 is 0. The lowest BCUT2D eigenvalue weighted by Gasteiger charge is -2.42. The molecule has 2 aromatic carbocycles. The van der Waals surface area contributed by atoms with Crippen molar-refractivity contribution in [3.63, 3.8) is 0 Å². The summed E-state index contributed by atoms with van der Waals surface area (Å²) in [5.74, 6) is 0.584. The van der Waals surface area contributed by atoms with Crippen molar-refractivity contribution in [3.8, 4) is 0 Å². The number of fused-ring (bicyclic) bond motifs is 2. The van der Waals surface area contributed by atoms with Gasteiger partial charge in [0.25, 0.3) is 0 Å². The first-order valence-electron chi connectivity index (χ1n) is 11.8. The zero-order chi connectivity index (χ0) is 21.0. The van der Waals surface area contributed by atoms with Crippen molar-refractivity contribution in [3.05, 3.63) is 59.8 Å². The molecule has 3 heterocycles. The standard InChI is InChI=1S/C26H32N4O/c31-25(11-6-9-19-7-2-1-3-8-19)27-21-12-13-24-23(18-21)26(29-28-24)20-14-16-30-15-5-4-10-22(30)17-20/h1-3,7-8,12-13,18,20,22H,4-6,9-11,14-17H2,(H,27,31)(H,28,29). The van der Waals surface area contributed by atoms with E-state index in [4.69, 9.17) is 5.10 Å². The number of piperidine rings is 2. The van der Waals surface area contributed by atoms with Crippen LogP contribution in [-0.4, -0.2) is 40.1 Å². The van der Waals surface area contributed by atoms with Crippen molar-refractivity contribution in [2.24, 2.45) is 0 Å². The van der Waals surface area contributed by atoms with Crippen molar-refractivity contribution in [2.75, 3.05) is 18.4 Å². The summed E-state index contributed by atoms with van der Waals surface area (Å²) >= 11 is 0. The maximum atomic E-state index is 12.5. The third-order valence-corrected chi connectivity index (χ3v) is 7.05. The third-order valence-electron chi connectivity index (χ3n) is 7.05. The lowest BCUT2D eigenvalue weighted by molar-refractivity contribution is -0.116. The molecule has 2 aliphatic heterocycles. The quantitative estimate of drug-likeness (QED) is 0.576. The van der Waals surface area contributed by atoms with E-state index in [1.165, 1.54) is 56.5 Å². The maximum absolute atomic E-state index is 12.5. The zero-order valence-electron chi connectivity index (χ0n) is 18.1. The molecule has 5 rings (SSSR count). The smallest absolute Gasteiger partial charge is 0.224 e. The molecule has 31 heavy (non-hydrogen) atoms. The number of nitrogens with zero attached hydrogens (tertiary/aromatic N) is 2. The van der Waals surface area contributed by atoms with Gasteiger partial charge in [0.1, 0.15) is 0 Å². The second-order valence-corrected chi connectivity index (χ2v) is 9.16. The molecule has 2 aliphatic rings. The number of benzene rings is 2. The molecule has 0 spiro atoms. The summed E-state index contributed by atoms with van der Waals surface area (Å²) in [7, 11) is 0. The molecule has 162 valence electrons. The van der Waals surface area contributed by atoms with Crippen LogP contribution < -0.4 is 5.32 Å². The van der Waals surface area contributed by atoms with Crippen LogP contribution in [0.25, 0.3) is 10.9 Å². The average molecular weight is 417 g/mol. The van der Waals surface area contributed by atoms with Crippen molar-refractivity contribution in [1.29, 1.82) is 0 Å². The van der Waals surface area contributed by atoms with Gasteiger partial charge in [-0.15, -0.1) is 0 Å². The molecule has 0 saturated carbocycles. The first-order valence-corrected chi connectivity index (χ1v) is 11.8. The molecule has 2 saturated heterocycles. The van der Waals surface area contributed by atoms with E-state index in [1.54, 1.807) is 0 Å².